The van der Waals surface area contributed by atoms with Gasteiger partial charge in [-0.1, -0.05) is 72.8 Å². The molecule has 13 rings (SSSR count). The zero-order valence-electron chi connectivity index (χ0n) is 39.5. The second-order valence-electron chi connectivity index (χ2n) is 22.0. The van der Waals surface area contributed by atoms with Crippen molar-refractivity contribution in [2.24, 2.45) is 47.3 Å². The average molecular weight is 937 g/mol. The number of fused-ring (bicyclic) bond motifs is 20. The predicted molar refractivity (Wildman–Crippen MR) is 264 cm³/mol. The number of rotatable bonds is 8. The van der Waals surface area contributed by atoms with E-state index in [2.05, 4.69) is 134 Å². The minimum atomic E-state index is -0.654. The average Bonchev–Trinajstić information content (AvgIpc) is 4.11. The number of para-hydroxylation sites is 4. The van der Waals surface area contributed by atoms with Crippen LogP contribution < -0.4 is 61.5 Å². The van der Waals surface area contributed by atoms with E-state index in [0.717, 1.165) is 93.6 Å². The summed E-state index contributed by atoms with van der Waals surface area (Å²) in [6, 6.07) is 41.2. The van der Waals surface area contributed by atoms with Crippen LogP contribution in [-0.4, -0.2) is 85.0 Å². The van der Waals surface area contributed by atoms with Gasteiger partial charge in [-0.25, -0.2) is 0 Å². The summed E-state index contributed by atoms with van der Waals surface area (Å²) in [4.78, 5) is 0. The fraction of sp³-hybridized carbons (Fsp3) is 0.571. The fourth-order valence-corrected chi connectivity index (χ4v) is 15.1. The molecule has 4 saturated carbocycles. The first-order valence-corrected chi connectivity index (χ1v) is 26.7. The summed E-state index contributed by atoms with van der Waals surface area (Å²) in [7, 11) is 0. The summed E-state index contributed by atoms with van der Waals surface area (Å²) >= 11 is 0. The Balaban J connectivity index is 0.828. The molecule has 8 bridgehead atoms. The van der Waals surface area contributed by atoms with E-state index < -0.39 is 6.10 Å². The van der Waals surface area contributed by atoms with E-state index in [9.17, 15) is 5.11 Å². The second-order valence-corrected chi connectivity index (χ2v) is 22.0. The lowest BCUT2D eigenvalue weighted by Gasteiger charge is -2.41. The van der Waals surface area contributed by atoms with Crippen molar-refractivity contribution >= 4 is 0 Å². The third kappa shape index (κ3) is 9.06. The molecular weight excluding hydrogens is 865 g/mol. The van der Waals surface area contributed by atoms with Crippen LogP contribution in [0.15, 0.2) is 121 Å². The molecule has 21 atom stereocenters. The first kappa shape index (κ1) is 44.6. The number of hydrogen-bond acceptors (Lipinski definition) is 13. The molecule has 0 aromatic heterocycles. The van der Waals surface area contributed by atoms with Gasteiger partial charge in [0.1, 0.15) is 29.1 Å². The zero-order valence-corrected chi connectivity index (χ0v) is 39.5. The normalized spacial score (nSPS) is 43.3. The molecule has 5 aliphatic heterocycles. The first-order valence-electron chi connectivity index (χ1n) is 26.7. The lowest BCUT2D eigenvalue weighted by atomic mass is 9.74. The summed E-state index contributed by atoms with van der Waals surface area (Å²) in [6.45, 7) is 0. The standard InChI is InChI=1S/C56H72N8O5/c65-48-46(69-35-19-11-4-12-20-35)28-27-42-47(48)56-63-51-41-26-23-38(68-34-17-9-3-10-18-34)31-45(41)54(61-51)59-49-39-24-21-36(66-32-13-5-1-6-14-32)29-43(39)53(57-49)58-50-40-25-22-37(67-33-15-7-2-8-16-33)30-44(40)55(60-50)62-52(42)64-56/h1-20,36-65H,21-31H2. The maximum absolute atomic E-state index is 12.6. The summed E-state index contributed by atoms with van der Waals surface area (Å²) < 4.78 is 26.8. The maximum atomic E-state index is 12.6. The van der Waals surface area contributed by atoms with E-state index in [1.807, 2.05) is 30.3 Å². The molecular formula is C56H72N8O5. The highest BCUT2D eigenvalue weighted by Gasteiger charge is 2.58. The summed E-state index contributed by atoms with van der Waals surface area (Å²) in [5.41, 5.74) is 0. The number of hydrogen-bond donors (Lipinski definition) is 9. The zero-order chi connectivity index (χ0) is 45.8. The third-order valence-corrected chi connectivity index (χ3v) is 18.2. The predicted octanol–water partition coefficient (Wildman–Crippen LogP) is 5.81. The minimum absolute atomic E-state index is 0.0196. The Kier molecular flexibility index (Phi) is 12.5. The van der Waals surface area contributed by atoms with Crippen LogP contribution in [0.3, 0.4) is 0 Å². The van der Waals surface area contributed by atoms with Gasteiger partial charge in [0, 0.05) is 5.92 Å². The topological polar surface area (TPSA) is 153 Å². The highest BCUT2D eigenvalue weighted by Crippen LogP contribution is 2.47. The molecule has 0 spiro atoms. The van der Waals surface area contributed by atoms with Crippen LogP contribution in [0.1, 0.15) is 70.6 Å². The number of aliphatic hydroxyl groups is 1. The lowest BCUT2D eigenvalue weighted by molar-refractivity contribution is -0.0581. The molecule has 0 radical (unpaired) electrons. The Bertz CT molecular complexity index is 2260. The number of nitrogens with one attached hydrogen (secondary N) is 8. The minimum Gasteiger partial charge on any atom is -0.490 e. The van der Waals surface area contributed by atoms with Gasteiger partial charge in [0.2, 0.25) is 0 Å². The molecule has 4 aliphatic carbocycles. The molecule has 0 amide bonds. The van der Waals surface area contributed by atoms with E-state index in [0.29, 0.717) is 35.5 Å². The third-order valence-electron chi connectivity index (χ3n) is 18.2. The van der Waals surface area contributed by atoms with Crippen LogP contribution >= 0.6 is 0 Å². The number of ether oxygens (including phenoxy) is 4. The quantitative estimate of drug-likeness (QED) is 0.105. The highest BCUT2D eigenvalue weighted by atomic mass is 16.5. The van der Waals surface area contributed by atoms with Crippen LogP contribution in [0.2, 0.25) is 0 Å². The van der Waals surface area contributed by atoms with Crippen molar-refractivity contribution in [3.8, 4) is 23.0 Å². The van der Waals surface area contributed by atoms with E-state index in [1.165, 1.54) is 0 Å². The van der Waals surface area contributed by atoms with Gasteiger partial charge >= 0.3 is 0 Å². The maximum Gasteiger partial charge on any atom is 0.125 e. The summed E-state index contributed by atoms with van der Waals surface area (Å²) in [5.74, 6) is 6.07. The lowest BCUT2D eigenvalue weighted by Crippen LogP contribution is -2.62. The molecule has 5 heterocycles. The van der Waals surface area contributed by atoms with Crippen LogP contribution in [0.25, 0.3) is 0 Å². The highest BCUT2D eigenvalue weighted by molar-refractivity contribution is 5.25. The van der Waals surface area contributed by atoms with E-state index >= 15 is 0 Å². The molecule has 366 valence electrons. The Morgan fingerprint density at radius 2 is 0.594 bits per heavy atom. The van der Waals surface area contributed by atoms with Crippen molar-refractivity contribution in [3.63, 3.8) is 0 Å². The second kappa shape index (κ2) is 19.4. The molecule has 21 unspecified atom stereocenters. The molecule has 4 aromatic rings. The van der Waals surface area contributed by atoms with Gasteiger partial charge in [0.25, 0.3) is 0 Å². The largest absolute Gasteiger partial charge is 0.490 e. The Morgan fingerprint density at radius 1 is 0.304 bits per heavy atom. The van der Waals surface area contributed by atoms with Gasteiger partial charge in [0.15, 0.2) is 0 Å². The van der Waals surface area contributed by atoms with E-state index in [-0.39, 0.29) is 85.6 Å². The van der Waals surface area contributed by atoms with Crippen LogP contribution in [0.5, 0.6) is 23.0 Å². The Morgan fingerprint density at radius 3 is 0.957 bits per heavy atom. The van der Waals surface area contributed by atoms with Gasteiger partial charge in [-0.15, -0.1) is 0 Å². The van der Waals surface area contributed by atoms with Gasteiger partial charge in [0.05, 0.1) is 73.7 Å². The van der Waals surface area contributed by atoms with Gasteiger partial charge in [-0.05, 0) is 161 Å². The molecule has 13 nitrogen and oxygen atoms in total. The summed E-state index contributed by atoms with van der Waals surface area (Å²) in [6.07, 6.45) is 10.7. The smallest absolute Gasteiger partial charge is 0.125 e. The SMILES string of the molecule is OC1C(Oc2ccccc2)CCC2C3NC4NC(NC5NC(NC6NC(NC(N3)C12)C1CCC(Oc2ccccc2)CC61)C1CCC(Oc2ccccc2)CC51)C1CCC(Oc2ccccc2)CC41. The Hall–Kier alpha value is -4.28. The van der Waals surface area contributed by atoms with E-state index in [4.69, 9.17) is 18.9 Å². The monoisotopic (exact) mass is 937 g/mol. The molecule has 9 N–H and O–H groups in total. The molecule has 4 aromatic carbocycles. The van der Waals surface area contributed by atoms with Crippen LogP contribution in [0, 0.1) is 47.3 Å². The van der Waals surface area contributed by atoms with Crippen LogP contribution in [0.4, 0.5) is 0 Å². The van der Waals surface area contributed by atoms with Crippen LogP contribution in [-0.2, 0) is 0 Å². The van der Waals surface area contributed by atoms with Gasteiger partial charge in [-0.3, -0.25) is 42.5 Å². The number of aliphatic hydroxyl groups excluding tert-OH is 1. The van der Waals surface area contributed by atoms with Crippen molar-refractivity contribution in [2.75, 3.05) is 0 Å². The molecule has 13 heteroatoms. The molecule has 5 saturated heterocycles. The molecule has 9 fully saturated rings. The van der Waals surface area contributed by atoms with Crippen molar-refractivity contribution in [1.29, 1.82) is 0 Å². The van der Waals surface area contributed by atoms with Gasteiger partial charge < -0.3 is 24.1 Å². The van der Waals surface area contributed by atoms with Crippen molar-refractivity contribution in [2.45, 2.75) is 150 Å². The first-order chi connectivity index (χ1) is 34.0. The van der Waals surface area contributed by atoms with Crippen molar-refractivity contribution in [1.82, 2.24) is 42.5 Å². The van der Waals surface area contributed by atoms with Crippen molar-refractivity contribution < 1.29 is 24.1 Å². The van der Waals surface area contributed by atoms with Gasteiger partial charge in [-0.2, -0.15) is 0 Å². The fourth-order valence-electron chi connectivity index (χ4n) is 15.1. The van der Waals surface area contributed by atoms with E-state index in [1.54, 1.807) is 0 Å². The molecule has 69 heavy (non-hydrogen) atoms. The summed E-state index contributed by atoms with van der Waals surface area (Å²) in [5, 5.41) is 46.4. The van der Waals surface area contributed by atoms with Crippen molar-refractivity contribution in [3.05, 3.63) is 121 Å². The Labute approximate surface area is 407 Å². The molecule has 9 aliphatic rings. The number of benzene rings is 4.